The second-order valence-electron chi connectivity index (χ2n) is 5.82. The highest BCUT2D eigenvalue weighted by atomic mass is 16.4. The van der Waals surface area contributed by atoms with Gasteiger partial charge in [-0.25, -0.2) is 0 Å². The third-order valence-electron chi connectivity index (χ3n) is 4.12. The number of unbranched alkanes of at least 4 members (excludes halogenated alkanes) is 5. The molecule has 1 saturated carbocycles. The molecule has 0 aromatic carbocycles. The normalized spacial score (nSPS) is 16.4. The highest BCUT2D eigenvalue weighted by Gasteiger charge is 2.19. The fraction of sp³-hybridized carbons (Fsp3) is 0.875. The van der Waals surface area contributed by atoms with Crippen molar-refractivity contribution in [2.45, 2.75) is 83.5 Å². The van der Waals surface area contributed by atoms with Gasteiger partial charge in [-0.15, -0.1) is 0 Å². The SMILES string of the molecule is O=C(O)CCCCCCCCC(=O)C1CCCCC1. The van der Waals surface area contributed by atoms with Crippen LogP contribution in [0.25, 0.3) is 0 Å². The summed E-state index contributed by atoms with van der Waals surface area (Å²) in [6.45, 7) is 0. The molecule has 0 heterocycles. The van der Waals surface area contributed by atoms with Crippen molar-refractivity contribution < 1.29 is 14.7 Å². The maximum atomic E-state index is 11.9. The second kappa shape index (κ2) is 9.99. The number of carbonyl (C=O) groups excluding carboxylic acids is 1. The standard InChI is InChI=1S/C16H28O3/c17-15(14-10-6-5-7-11-14)12-8-3-1-2-4-9-13-16(18)19/h14H,1-13H2,(H,18,19). The first-order valence-electron chi connectivity index (χ1n) is 7.94. The van der Waals surface area contributed by atoms with E-state index in [4.69, 9.17) is 5.11 Å². The van der Waals surface area contributed by atoms with Gasteiger partial charge >= 0.3 is 5.97 Å². The summed E-state index contributed by atoms with van der Waals surface area (Å²) in [7, 11) is 0. The van der Waals surface area contributed by atoms with Crippen molar-refractivity contribution in [2.75, 3.05) is 0 Å². The number of aliphatic carboxylic acids is 1. The fourth-order valence-electron chi connectivity index (χ4n) is 2.91. The largest absolute Gasteiger partial charge is 0.481 e. The Bertz CT molecular complexity index is 267. The number of rotatable bonds is 10. The van der Waals surface area contributed by atoms with Crippen LogP contribution >= 0.6 is 0 Å². The molecule has 3 heteroatoms. The Morgan fingerprint density at radius 2 is 1.32 bits per heavy atom. The van der Waals surface area contributed by atoms with Crippen molar-refractivity contribution in [2.24, 2.45) is 5.92 Å². The minimum absolute atomic E-state index is 0.292. The van der Waals surface area contributed by atoms with Gasteiger partial charge in [-0.3, -0.25) is 9.59 Å². The van der Waals surface area contributed by atoms with Gasteiger partial charge in [-0.2, -0.15) is 0 Å². The van der Waals surface area contributed by atoms with Crippen LogP contribution in [0.5, 0.6) is 0 Å². The van der Waals surface area contributed by atoms with Crippen LogP contribution in [0.3, 0.4) is 0 Å². The monoisotopic (exact) mass is 268 g/mol. The van der Waals surface area contributed by atoms with Gasteiger partial charge < -0.3 is 5.11 Å². The first kappa shape index (κ1) is 16.2. The zero-order valence-corrected chi connectivity index (χ0v) is 12.0. The molecule has 110 valence electrons. The number of hydrogen-bond donors (Lipinski definition) is 1. The van der Waals surface area contributed by atoms with E-state index in [1.165, 1.54) is 19.3 Å². The van der Waals surface area contributed by atoms with E-state index in [-0.39, 0.29) is 0 Å². The van der Waals surface area contributed by atoms with E-state index >= 15 is 0 Å². The van der Waals surface area contributed by atoms with Crippen LogP contribution < -0.4 is 0 Å². The summed E-state index contributed by atoms with van der Waals surface area (Å²) in [4.78, 5) is 22.3. The predicted octanol–water partition coefficient (Wildman–Crippen LogP) is 4.34. The summed E-state index contributed by atoms with van der Waals surface area (Å²) in [6.07, 6.45) is 13.2. The Balaban J connectivity index is 1.89. The molecule has 1 aliphatic rings. The minimum atomic E-state index is -0.696. The van der Waals surface area contributed by atoms with Crippen LogP contribution in [0.4, 0.5) is 0 Å². The maximum Gasteiger partial charge on any atom is 0.303 e. The van der Waals surface area contributed by atoms with Crippen LogP contribution in [0.2, 0.25) is 0 Å². The van der Waals surface area contributed by atoms with Crippen molar-refractivity contribution >= 4 is 11.8 Å². The van der Waals surface area contributed by atoms with Gasteiger partial charge in [0, 0.05) is 18.8 Å². The first-order valence-corrected chi connectivity index (χ1v) is 7.94. The fourth-order valence-corrected chi connectivity index (χ4v) is 2.91. The molecule has 0 aromatic heterocycles. The molecular weight excluding hydrogens is 240 g/mol. The lowest BCUT2D eigenvalue weighted by molar-refractivity contribution is -0.137. The summed E-state index contributed by atoms with van der Waals surface area (Å²) in [5.74, 6) is 0.160. The van der Waals surface area contributed by atoms with Crippen molar-refractivity contribution in [1.29, 1.82) is 0 Å². The summed E-state index contributed by atoms with van der Waals surface area (Å²) in [5, 5.41) is 8.50. The summed E-state index contributed by atoms with van der Waals surface area (Å²) < 4.78 is 0. The summed E-state index contributed by atoms with van der Waals surface area (Å²) in [6, 6.07) is 0. The molecule has 1 rings (SSSR count). The molecule has 0 bridgehead atoms. The van der Waals surface area contributed by atoms with E-state index < -0.39 is 5.97 Å². The van der Waals surface area contributed by atoms with Crippen LogP contribution in [0, 0.1) is 5.92 Å². The molecule has 19 heavy (non-hydrogen) atoms. The third-order valence-corrected chi connectivity index (χ3v) is 4.12. The Morgan fingerprint density at radius 1 is 0.789 bits per heavy atom. The van der Waals surface area contributed by atoms with Gasteiger partial charge in [-0.1, -0.05) is 44.9 Å². The lowest BCUT2D eigenvalue weighted by Gasteiger charge is -2.20. The average Bonchev–Trinajstić information content (AvgIpc) is 2.42. The molecule has 0 unspecified atom stereocenters. The average molecular weight is 268 g/mol. The molecule has 3 nitrogen and oxygen atoms in total. The number of ketones is 1. The molecule has 0 saturated heterocycles. The topological polar surface area (TPSA) is 54.4 Å². The molecule has 1 aliphatic carbocycles. The molecule has 0 aromatic rings. The van der Waals surface area contributed by atoms with Gasteiger partial charge in [0.2, 0.25) is 0 Å². The predicted molar refractivity (Wildman–Crippen MR) is 76.2 cm³/mol. The summed E-state index contributed by atoms with van der Waals surface area (Å²) in [5.41, 5.74) is 0. The molecule has 0 aliphatic heterocycles. The van der Waals surface area contributed by atoms with Crippen LogP contribution in [0.15, 0.2) is 0 Å². The molecule has 0 spiro atoms. The smallest absolute Gasteiger partial charge is 0.303 e. The zero-order valence-electron chi connectivity index (χ0n) is 12.0. The molecule has 1 N–H and O–H groups in total. The highest BCUT2D eigenvalue weighted by molar-refractivity contribution is 5.80. The number of hydrogen-bond acceptors (Lipinski definition) is 2. The van der Waals surface area contributed by atoms with Crippen molar-refractivity contribution in [3.05, 3.63) is 0 Å². The Labute approximate surface area is 116 Å². The Hall–Kier alpha value is -0.860. The van der Waals surface area contributed by atoms with E-state index in [1.54, 1.807) is 0 Å². The van der Waals surface area contributed by atoms with Gasteiger partial charge in [-0.05, 0) is 25.7 Å². The van der Waals surface area contributed by atoms with E-state index in [1.807, 2.05) is 0 Å². The van der Waals surface area contributed by atoms with Crippen LogP contribution in [0.1, 0.15) is 83.5 Å². The lowest BCUT2D eigenvalue weighted by Crippen LogP contribution is -2.17. The van der Waals surface area contributed by atoms with Crippen molar-refractivity contribution in [3.63, 3.8) is 0 Å². The molecular formula is C16H28O3. The number of carbonyl (C=O) groups is 2. The van der Waals surface area contributed by atoms with Gasteiger partial charge in [0.25, 0.3) is 0 Å². The van der Waals surface area contributed by atoms with Gasteiger partial charge in [0.1, 0.15) is 5.78 Å². The first-order chi connectivity index (χ1) is 9.20. The van der Waals surface area contributed by atoms with E-state index in [0.717, 1.165) is 57.8 Å². The Kier molecular flexibility index (Phi) is 8.52. The number of Topliss-reactive ketones (excluding diaryl/α,β-unsaturated/α-hetero) is 1. The number of carboxylic acids is 1. The van der Waals surface area contributed by atoms with Gasteiger partial charge in [0.15, 0.2) is 0 Å². The summed E-state index contributed by atoms with van der Waals surface area (Å²) >= 11 is 0. The van der Waals surface area contributed by atoms with E-state index in [2.05, 4.69) is 0 Å². The van der Waals surface area contributed by atoms with Crippen molar-refractivity contribution in [1.82, 2.24) is 0 Å². The maximum absolute atomic E-state index is 11.9. The van der Waals surface area contributed by atoms with E-state index in [9.17, 15) is 9.59 Å². The van der Waals surface area contributed by atoms with Crippen LogP contribution in [-0.2, 0) is 9.59 Å². The molecule has 1 fully saturated rings. The van der Waals surface area contributed by atoms with Crippen molar-refractivity contribution in [3.8, 4) is 0 Å². The molecule has 0 atom stereocenters. The Morgan fingerprint density at radius 3 is 1.89 bits per heavy atom. The van der Waals surface area contributed by atoms with E-state index in [0.29, 0.717) is 18.1 Å². The quantitative estimate of drug-likeness (QED) is 0.599. The third kappa shape index (κ3) is 8.02. The van der Waals surface area contributed by atoms with Gasteiger partial charge in [0.05, 0.1) is 0 Å². The number of carboxylic acid groups (broad SMARTS) is 1. The minimum Gasteiger partial charge on any atom is -0.481 e. The van der Waals surface area contributed by atoms with Crippen LogP contribution in [-0.4, -0.2) is 16.9 Å². The lowest BCUT2D eigenvalue weighted by atomic mass is 9.84. The molecule has 0 amide bonds. The molecule has 0 radical (unpaired) electrons. The second-order valence-corrected chi connectivity index (χ2v) is 5.82. The highest BCUT2D eigenvalue weighted by Crippen LogP contribution is 2.26. The zero-order chi connectivity index (χ0) is 13.9.